The maximum atomic E-state index is 12.0. The standard InChI is InChI=1S/C16H19NO2/c1-5-19-16(18)15-13(8-10(2)3)12-9-11(4)6-7-14(12)17-15/h6-9,17H,5H2,1-4H3. The Morgan fingerprint density at radius 1 is 1.37 bits per heavy atom. The van der Waals surface area contributed by atoms with Crippen LogP contribution in [0, 0.1) is 6.92 Å². The van der Waals surface area contributed by atoms with Crippen molar-refractivity contribution in [1.29, 1.82) is 0 Å². The summed E-state index contributed by atoms with van der Waals surface area (Å²) in [6.07, 6.45) is 2.02. The van der Waals surface area contributed by atoms with Crippen LogP contribution in [-0.2, 0) is 4.74 Å². The van der Waals surface area contributed by atoms with E-state index in [9.17, 15) is 4.79 Å². The Hall–Kier alpha value is -2.03. The van der Waals surface area contributed by atoms with Gasteiger partial charge in [-0.2, -0.15) is 0 Å². The number of hydrogen-bond donors (Lipinski definition) is 1. The van der Waals surface area contributed by atoms with Gasteiger partial charge in [-0.15, -0.1) is 0 Å². The molecule has 0 saturated carbocycles. The number of carbonyl (C=O) groups excluding carboxylic acids is 1. The van der Waals surface area contributed by atoms with Gasteiger partial charge in [0.2, 0.25) is 0 Å². The molecule has 1 N–H and O–H groups in total. The van der Waals surface area contributed by atoms with Gasteiger partial charge in [-0.25, -0.2) is 4.79 Å². The number of hydrogen-bond acceptors (Lipinski definition) is 2. The maximum absolute atomic E-state index is 12.0. The lowest BCUT2D eigenvalue weighted by molar-refractivity contribution is 0.0520. The summed E-state index contributed by atoms with van der Waals surface area (Å²) in [4.78, 5) is 15.2. The van der Waals surface area contributed by atoms with E-state index in [0.29, 0.717) is 12.3 Å². The van der Waals surface area contributed by atoms with Gasteiger partial charge in [-0.05, 0) is 39.8 Å². The van der Waals surface area contributed by atoms with Crippen LogP contribution in [0.1, 0.15) is 42.4 Å². The molecule has 3 heteroatoms. The van der Waals surface area contributed by atoms with Crippen LogP contribution >= 0.6 is 0 Å². The summed E-state index contributed by atoms with van der Waals surface area (Å²) in [6, 6.07) is 6.11. The number of aromatic nitrogens is 1. The topological polar surface area (TPSA) is 42.1 Å². The normalized spacial score (nSPS) is 10.5. The summed E-state index contributed by atoms with van der Waals surface area (Å²) in [5.74, 6) is -0.302. The Kier molecular flexibility index (Phi) is 3.74. The zero-order valence-corrected chi connectivity index (χ0v) is 11.8. The summed E-state index contributed by atoms with van der Waals surface area (Å²) < 4.78 is 5.11. The number of ether oxygens (including phenoxy) is 1. The fourth-order valence-corrected chi connectivity index (χ4v) is 2.13. The van der Waals surface area contributed by atoms with Gasteiger partial charge in [0.15, 0.2) is 0 Å². The van der Waals surface area contributed by atoms with E-state index in [-0.39, 0.29) is 5.97 Å². The monoisotopic (exact) mass is 257 g/mol. The van der Waals surface area contributed by atoms with E-state index in [2.05, 4.69) is 11.1 Å². The minimum atomic E-state index is -0.302. The van der Waals surface area contributed by atoms with Gasteiger partial charge in [0.25, 0.3) is 0 Å². The molecule has 100 valence electrons. The van der Waals surface area contributed by atoms with Gasteiger partial charge in [0.05, 0.1) is 6.61 Å². The smallest absolute Gasteiger partial charge is 0.355 e. The molecule has 2 rings (SSSR count). The second kappa shape index (κ2) is 5.31. The molecule has 0 fully saturated rings. The first-order valence-electron chi connectivity index (χ1n) is 6.47. The number of aromatic amines is 1. The molecule has 0 radical (unpaired) electrons. The van der Waals surface area contributed by atoms with Crippen molar-refractivity contribution in [3.05, 3.63) is 40.6 Å². The molecule has 0 unspecified atom stereocenters. The second-order valence-corrected chi connectivity index (χ2v) is 4.90. The molecule has 1 aromatic carbocycles. The SMILES string of the molecule is CCOC(=O)c1[nH]c2ccc(C)cc2c1C=C(C)C. The average molecular weight is 257 g/mol. The summed E-state index contributed by atoms with van der Waals surface area (Å²) in [5.41, 5.74) is 4.72. The number of H-pyrrole nitrogens is 1. The Balaban J connectivity index is 2.68. The molecule has 1 aromatic heterocycles. The average Bonchev–Trinajstić information content (AvgIpc) is 2.67. The Morgan fingerprint density at radius 2 is 2.11 bits per heavy atom. The lowest BCUT2D eigenvalue weighted by Gasteiger charge is -2.01. The molecule has 0 saturated heterocycles. The zero-order chi connectivity index (χ0) is 14.0. The number of nitrogens with one attached hydrogen (secondary N) is 1. The van der Waals surface area contributed by atoms with Crippen molar-refractivity contribution in [2.45, 2.75) is 27.7 Å². The summed E-state index contributed by atoms with van der Waals surface area (Å²) in [7, 11) is 0. The summed E-state index contributed by atoms with van der Waals surface area (Å²) in [5, 5.41) is 1.06. The van der Waals surface area contributed by atoms with Crippen LogP contribution in [-0.4, -0.2) is 17.6 Å². The van der Waals surface area contributed by atoms with Gasteiger partial charge in [-0.1, -0.05) is 23.3 Å². The van der Waals surface area contributed by atoms with Gasteiger partial charge in [-0.3, -0.25) is 0 Å². The quantitative estimate of drug-likeness (QED) is 0.842. The predicted octanol–water partition coefficient (Wildman–Crippen LogP) is 4.08. The number of esters is 1. The van der Waals surface area contributed by atoms with Crippen LogP contribution in [0.2, 0.25) is 0 Å². The van der Waals surface area contributed by atoms with E-state index in [1.807, 2.05) is 45.9 Å². The first-order chi connectivity index (χ1) is 9.02. The van der Waals surface area contributed by atoms with Crippen molar-refractivity contribution in [2.75, 3.05) is 6.61 Å². The number of aryl methyl sites for hydroxylation is 1. The molecule has 0 atom stereocenters. The summed E-state index contributed by atoms with van der Waals surface area (Å²) in [6.45, 7) is 8.27. The first-order valence-corrected chi connectivity index (χ1v) is 6.47. The third-order valence-corrected chi connectivity index (χ3v) is 2.91. The number of allylic oxidation sites excluding steroid dienone is 1. The highest BCUT2D eigenvalue weighted by atomic mass is 16.5. The fraction of sp³-hybridized carbons (Fsp3) is 0.312. The van der Waals surface area contributed by atoms with Crippen molar-refractivity contribution in [3.8, 4) is 0 Å². The minimum Gasteiger partial charge on any atom is -0.461 e. The maximum Gasteiger partial charge on any atom is 0.355 e. The van der Waals surface area contributed by atoms with E-state index in [1.54, 1.807) is 0 Å². The van der Waals surface area contributed by atoms with Crippen molar-refractivity contribution in [3.63, 3.8) is 0 Å². The second-order valence-electron chi connectivity index (χ2n) is 4.90. The number of fused-ring (bicyclic) bond motifs is 1. The van der Waals surface area contributed by atoms with Gasteiger partial charge in [0, 0.05) is 16.5 Å². The van der Waals surface area contributed by atoms with Crippen LogP contribution in [0.5, 0.6) is 0 Å². The predicted molar refractivity (Wildman–Crippen MR) is 78.3 cm³/mol. The highest BCUT2D eigenvalue weighted by Gasteiger charge is 2.17. The largest absolute Gasteiger partial charge is 0.461 e. The van der Waals surface area contributed by atoms with Crippen molar-refractivity contribution >= 4 is 22.9 Å². The Morgan fingerprint density at radius 3 is 2.74 bits per heavy atom. The molecule has 0 spiro atoms. The molecular weight excluding hydrogens is 238 g/mol. The van der Waals surface area contributed by atoms with Gasteiger partial charge in [0.1, 0.15) is 5.69 Å². The van der Waals surface area contributed by atoms with E-state index in [0.717, 1.165) is 22.0 Å². The fourth-order valence-electron chi connectivity index (χ4n) is 2.13. The van der Waals surface area contributed by atoms with E-state index in [4.69, 9.17) is 4.74 Å². The van der Waals surface area contributed by atoms with Gasteiger partial charge >= 0.3 is 5.97 Å². The highest BCUT2D eigenvalue weighted by Crippen LogP contribution is 2.26. The molecule has 0 aliphatic heterocycles. The van der Waals surface area contributed by atoms with E-state index >= 15 is 0 Å². The lowest BCUT2D eigenvalue weighted by atomic mass is 10.1. The Labute approximate surface area is 113 Å². The van der Waals surface area contributed by atoms with Crippen LogP contribution < -0.4 is 0 Å². The molecular formula is C16H19NO2. The molecule has 2 aromatic rings. The van der Waals surface area contributed by atoms with Gasteiger partial charge < -0.3 is 9.72 Å². The van der Waals surface area contributed by atoms with Crippen LogP contribution in [0.15, 0.2) is 23.8 Å². The van der Waals surface area contributed by atoms with Crippen LogP contribution in [0.25, 0.3) is 17.0 Å². The minimum absolute atomic E-state index is 0.302. The van der Waals surface area contributed by atoms with Crippen LogP contribution in [0.3, 0.4) is 0 Å². The van der Waals surface area contributed by atoms with Crippen molar-refractivity contribution < 1.29 is 9.53 Å². The number of carbonyl (C=O) groups is 1. The van der Waals surface area contributed by atoms with Crippen molar-refractivity contribution in [2.24, 2.45) is 0 Å². The number of benzene rings is 1. The number of rotatable bonds is 3. The molecule has 0 aliphatic rings. The highest BCUT2D eigenvalue weighted by molar-refractivity contribution is 6.02. The molecule has 0 amide bonds. The van der Waals surface area contributed by atoms with Crippen molar-refractivity contribution in [1.82, 2.24) is 4.98 Å². The Bertz CT molecular complexity index is 646. The molecule has 0 bridgehead atoms. The van der Waals surface area contributed by atoms with E-state index in [1.165, 1.54) is 5.56 Å². The third kappa shape index (κ3) is 2.70. The first kappa shape index (κ1) is 13.4. The van der Waals surface area contributed by atoms with Crippen LogP contribution in [0.4, 0.5) is 0 Å². The molecule has 1 heterocycles. The van der Waals surface area contributed by atoms with E-state index < -0.39 is 0 Å². The summed E-state index contributed by atoms with van der Waals surface area (Å²) >= 11 is 0. The molecule has 3 nitrogen and oxygen atoms in total. The molecule has 0 aliphatic carbocycles. The third-order valence-electron chi connectivity index (χ3n) is 2.91. The lowest BCUT2D eigenvalue weighted by Crippen LogP contribution is -2.06. The molecule has 19 heavy (non-hydrogen) atoms. The zero-order valence-electron chi connectivity index (χ0n) is 11.8.